The molecule has 17 heavy (non-hydrogen) atoms. The second-order valence-corrected chi connectivity index (χ2v) is 5.06. The minimum absolute atomic E-state index is 0.224. The normalized spacial score (nSPS) is 14.2. The maximum Gasteiger partial charge on any atom is 0.244 e. The lowest BCUT2D eigenvalue weighted by molar-refractivity contribution is -0.120. The van der Waals surface area contributed by atoms with E-state index in [0.29, 0.717) is 22.2 Å². The van der Waals surface area contributed by atoms with Gasteiger partial charge in [-0.05, 0) is 31.5 Å². The number of carbonyl (C=O) groups excluding carboxylic acids is 1. The summed E-state index contributed by atoms with van der Waals surface area (Å²) in [5.41, 5.74) is 5.64. The number of hydrogen-bond acceptors (Lipinski definition) is 2. The van der Waals surface area contributed by atoms with Crippen molar-refractivity contribution >= 4 is 34.8 Å². The van der Waals surface area contributed by atoms with Crippen molar-refractivity contribution < 1.29 is 4.79 Å². The second kappa shape index (κ2) is 5.71. The average molecular weight is 275 g/mol. The summed E-state index contributed by atoms with van der Waals surface area (Å²) in [5, 5.41) is 3.58. The molecule has 0 aliphatic rings. The molecule has 3 nitrogen and oxygen atoms in total. The van der Waals surface area contributed by atoms with Crippen molar-refractivity contribution in [3.8, 4) is 0 Å². The Morgan fingerprint density at radius 2 is 2.06 bits per heavy atom. The SMILES string of the molecule is CCCC(C)(N)C(=O)Nc1ccc(Cl)c(Cl)c1. The van der Waals surface area contributed by atoms with Crippen LogP contribution < -0.4 is 11.1 Å². The van der Waals surface area contributed by atoms with Gasteiger partial charge in [0.05, 0.1) is 15.6 Å². The molecular formula is C12H16Cl2N2O. The maximum atomic E-state index is 11.9. The monoisotopic (exact) mass is 274 g/mol. The van der Waals surface area contributed by atoms with Crippen molar-refractivity contribution in [2.75, 3.05) is 5.32 Å². The van der Waals surface area contributed by atoms with Gasteiger partial charge < -0.3 is 11.1 Å². The Morgan fingerprint density at radius 1 is 1.41 bits per heavy atom. The molecule has 0 bridgehead atoms. The lowest BCUT2D eigenvalue weighted by Crippen LogP contribution is -2.48. The van der Waals surface area contributed by atoms with Crippen LogP contribution in [0.5, 0.6) is 0 Å². The predicted molar refractivity (Wildman–Crippen MR) is 72.6 cm³/mol. The molecule has 0 spiro atoms. The number of nitrogens with one attached hydrogen (secondary N) is 1. The number of benzene rings is 1. The summed E-state index contributed by atoms with van der Waals surface area (Å²) in [5.74, 6) is -0.224. The average Bonchev–Trinajstić information content (AvgIpc) is 2.23. The first-order chi connectivity index (χ1) is 7.86. The fraction of sp³-hybridized carbons (Fsp3) is 0.417. The molecule has 0 saturated carbocycles. The van der Waals surface area contributed by atoms with Gasteiger partial charge in [-0.2, -0.15) is 0 Å². The quantitative estimate of drug-likeness (QED) is 0.884. The summed E-state index contributed by atoms with van der Waals surface area (Å²) in [6.07, 6.45) is 1.47. The molecule has 1 aromatic rings. The molecule has 94 valence electrons. The number of nitrogens with two attached hydrogens (primary N) is 1. The van der Waals surface area contributed by atoms with Crippen LogP contribution in [0.25, 0.3) is 0 Å². The smallest absolute Gasteiger partial charge is 0.244 e. The van der Waals surface area contributed by atoms with Crippen LogP contribution in [-0.4, -0.2) is 11.4 Å². The fourth-order valence-corrected chi connectivity index (χ4v) is 1.78. The van der Waals surface area contributed by atoms with Crippen molar-refractivity contribution in [1.29, 1.82) is 0 Å². The van der Waals surface area contributed by atoms with E-state index < -0.39 is 5.54 Å². The van der Waals surface area contributed by atoms with E-state index in [1.54, 1.807) is 25.1 Å². The van der Waals surface area contributed by atoms with Crippen molar-refractivity contribution in [3.63, 3.8) is 0 Å². The van der Waals surface area contributed by atoms with Crippen LogP contribution in [0.1, 0.15) is 26.7 Å². The molecule has 3 N–H and O–H groups in total. The van der Waals surface area contributed by atoms with Crippen molar-refractivity contribution in [3.05, 3.63) is 28.2 Å². The van der Waals surface area contributed by atoms with Gasteiger partial charge in [-0.3, -0.25) is 4.79 Å². The Labute approximate surface area is 111 Å². The molecule has 0 aliphatic carbocycles. The van der Waals surface area contributed by atoms with Gasteiger partial charge in [-0.25, -0.2) is 0 Å². The number of hydrogen-bond donors (Lipinski definition) is 2. The van der Waals surface area contributed by atoms with Crippen molar-refractivity contribution in [2.24, 2.45) is 5.73 Å². The van der Waals surface area contributed by atoms with E-state index in [0.717, 1.165) is 6.42 Å². The Morgan fingerprint density at radius 3 is 2.59 bits per heavy atom. The van der Waals surface area contributed by atoms with E-state index in [1.807, 2.05) is 6.92 Å². The van der Waals surface area contributed by atoms with E-state index in [4.69, 9.17) is 28.9 Å². The molecule has 0 fully saturated rings. The highest BCUT2D eigenvalue weighted by Gasteiger charge is 2.27. The van der Waals surface area contributed by atoms with E-state index in [9.17, 15) is 4.79 Å². The van der Waals surface area contributed by atoms with Crippen LogP contribution in [-0.2, 0) is 4.79 Å². The standard InChI is InChI=1S/C12H16Cl2N2O/c1-3-6-12(2,15)11(17)16-8-4-5-9(13)10(14)7-8/h4-5,7H,3,6,15H2,1-2H3,(H,16,17). The molecule has 0 saturated heterocycles. The summed E-state index contributed by atoms with van der Waals surface area (Å²) >= 11 is 11.6. The highest BCUT2D eigenvalue weighted by atomic mass is 35.5. The van der Waals surface area contributed by atoms with Gasteiger partial charge in [-0.15, -0.1) is 0 Å². The topological polar surface area (TPSA) is 55.1 Å². The second-order valence-electron chi connectivity index (χ2n) is 4.25. The van der Waals surface area contributed by atoms with Crippen LogP contribution in [0.3, 0.4) is 0 Å². The predicted octanol–water partition coefficient (Wildman–Crippen LogP) is 3.45. The molecule has 0 heterocycles. The largest absolute Gasteiger partial charge is 0.324 e. The number of halogens is 2. The molecule has 1 rings (SSSR count). The first-order valence-electron chi connectivity index (χ1n) is 5.42. The van der Waals surface area contributed by atoms with Gasteiger partial charge in [0.1, 0.15) is 0 Å². The summed E-state index contributed by atoms with van der Waals surface area (Å²) in [7, 11) is 0. The Kier molecular flexibility index (Phi) is 4.80. The van der Waals surface area contributed by atoms with Gasteiger partial charge in [0.15, 0.2) is 0 Å². The number of carbonyl (C=O) groups is 1. The molecule has 1 unspecified atom stereocenters. The first-order valence-corrected chi connectivity index (χ1v) is 6.18. The lowest BCUT2D eigenvalue weighted by atomic mass is 9.96. The van der Waals surface area contributed by atoms with Crippen molar-refractivity contribution in [2.45, 2.75) is 32.2 Å². The zero-order valence-electron chi connectivity index (χ0n) is 9.89. The van der Waals surface area contributed by atoms with E-state index in [1.165, 1.54) is 0 Å². The molecule has 0 aliphatic heterocycles. The minimum atomic E-state index is -0.874. The van der Waals surface area contributed by atoms with Gasteiger partial charge in [0.2, 0.25) is 5.91 Å². The van der Waals surface area contributed by atoms with Gasteiger partial charge in [0, 0.05) is 5.69 Å². The van der Waals surface area contributed by atoms with Crippen LogP contribution in [0.4, 0.5) is 5.69 Å². The third-order valence-electron chi connectivity index (χ3n) is 2.47. The summed E-state index contributed by atoms with van der Waals surface area (Å²) in [6, 6.07) is 4.92. The molecule has 1 aromatic carbocycles. The minimum Gasteiger partial charge on any atom is -0.324 e. The molecular weight excluding hydrogens is 259 g/mol. The fourth-order valence-electron chi connectivity index (χ4n) is 1.48. The highest BCUT2D eigenvalue weighted by Crippen LogP contribution is 2.25. The van der Waals surface area contributed by atoms with Gasteiger partial charge in [-0.1, -0.05) is 36.5 Å². The van der Waals surface area contributed by atoms with E-state index in [-0.39, 0.29) is 5.91 Å². The third-order valence-corrected chi connectivity index (χ3v) is 3.20. The molecule has 1 amide bonds. The Bertz CT molecular complexity index is 419. The molecule has 1 atom stereocenters. The Balaban J connectivity index is 2.77. The lowest BCUT2D eigenvalue weighted by Gasteiger charge is -2.22. The molecule has 5 heteroatoms. The Hall–Kier alpha value is -0.770. The molecule has 0 radical (unpaired) electrons. The number of rotatable bonds is 4. The number of amides is 1. The number of anilines is 1. The van der Waals surface area contributed by atoms with Crippen LogP contribution in [0.2, 0.25) is 10.0 Å². The molecule has 0 aromatic heterocycles. The van der Waals surface area contributed by atoms with Crippen molar-refractivity contribution in [1.82, 2.24) is 0 Å². The zero-order chi connectivity index (χ0) is 13.1. The first kappa shape index (κ1) is 14.3. The van der Waals surface area contributed by atoms with Gasteiger partial charge >= 0.3 is 0 Å². The summed E-state index contributed by atoms with van der Waals surface area (Å²) in [6.45, 7) is 3.70. The summed E-state index contributed by atoms with van der Waals surface area (Å²) in [4.78, 5) is 11.9. The van der Waals surface area contributed by atoms with Crippen LogP contribution in [0.15, 0.2) is 18.2 Å². The van der Waals surface area contributed by atoms with Gasteiger partial charge in [0.25, 0.3) is 0 Å². The van der Waals surface area contributed by atoms with Crippen LogP contribution >= 0.6 is 23.2 Å². The maximum absolute atomic E-state index is 11.9. The highest BCUT2D eigenvalue weighted by molar-refractivity contribution is 6.42. The van der Waals surface area contributed by atoms with E-state index >= 15 is 0 Å². The third kappa shape index (κ3) is 3.87. The summed E-state index contributed by atoms with van der Waals surface area (Å²) < 4.78 is 0. The van der Waals surface area contributed by atoms with E-state index in [2.05, 4.69) is 5.32 Å². The zero-order valence-corrected chi connectivity index (χ0v) is 11.4. The van der Waals surface area contributed by atoms with Crippen LogP contribution in [0, 0.1) is 0 Å².